The predicted molar refractivity (Wildman–Crippen MR) is 115 cm³/mol. The summed E-state index contributed by atoms with van der Waals surface area (Å²) in [5.74, 6) is -1.23. The van der Waals surface area contributed by atoms with Crippen molar-refractivity contribution in [1.82, 2.24) is 0 Å². The molecule has 0 N–H and O–H groups in total. The van der Waals surface area contributed by atoms with Gasteiger partial charge in [0.25, 0.3) is 0 Å². The third-order valence-electron chi connectivity index (χ3n) is 5.10. The first-order valence-corrected chi connectivity index (χ1v) is 9.72. The zero-order valence-corrected chi connectivity index (χ0v) is 18.0. The Morgan fingerprint density at radius 1 is 0.867 bits per heavy atom. The van der Waals surface area contributed by atoms with Gasteiger partial charge in [-0.15, -0.1) is 0 Å². The number of rotatable bonds is 4. The van der Waals surface area contributed by atoms with Gasteiger partial charge in [0.05, 0.1) is 26.4 Å². The van der Waals surface area contributed by atoms with Gasteiger partial charge in [0.15, 0.2) is 0 Å². The highest BCUT2D eigenvalue weighted by Gasteiger charge is 2.32. The molecule has 1 aliphatic rings. The fraction of sp³-hybridized carbons (Fsp3) is 0.333. The molecule has 0 spiro atoms. The lowest BCUT2D eigenvalue weighted by atomic mass is 9.86. The highest BCUT2D eigenvalue weighted by Crippen LogP contribution is 2.30. The minimum absolute atomic E-state index is 0.00812. The average molecular weight is 409 g/mol. The van der Waals surface area contributed by atoms with Crippen molar-refractivity contribution in [2.24, 2.45) is 0 Å². The monoisotopic (exact) mass is 409 g/mol. The van der Waals surface area contributed by atoms with Crippen molar-refractivity contribution in [2.45, 2.75) is 26.2 Å². The van der Waals surface area contributed by atoms with Gasteiger partial charge in [-0.25, -0.2) is 9.59 Å². The smallest absolute Gasteiger partial charge is 0.355 e. The van der Waals surface area contributed by atoms with Crippen LogP contribution < -0.4 is 4.90 Å². The second-order valence-corrected chi connectivity index (χ2v) is 8.09. The molecule has 0 atom stereocenters. The number of carbonyl (C=O) groups excluding carboxylic acids is 2. The summed E-state index contributed by atoms with van der Waals surface area (Å²) in [7, 11) is 2.55. The maximum absolute atomic E-state index is 12.4. The molecule has 0 saturated carbocycles. The normalized spacial score (nSPS) is 14.5. The van der Waals surface area contributed by atoms with Crippen molar-refractivity contribution >= 4 is 17.6 Å². The van der Waals surface area contributed by atoms with Crippen LogP contribution in [0.4, 0.5) is 5.69 Å². The van der Waals surface area contributed by atoms with E-state index < -0.39 is 11.9 Å². The molecule has 0 unspecified atom stereocenters. The van der Waals surface area contributed by atoms with Crippen LogP contribution in [0, 0.1) is 0 Å². The van der Waals surface area contributed by atoms with Gasteiger partial charge >= 0.3 is 11.9 Å². The number of methoxy groups -OCH3 is 2. The highest BCUT2D eigenvalue weighted by molar-refractivity contribution is 6.03. The molecule has 6 heteroatoms. The summed E-state index contributed by atoms with van der Waals surface area (Å²) in [4.78, 5) is 26.1. The van der Waals surface area contributed by atoms with Gasteiger partial charge in [-0.1, -0.05) is 57.2 Å². The van der Waals surface area contributed by atoms with Crippen LogP contribution in [0.15, 0.2) is 59.8 Å². The van der Waals surface area contributed by atoms with Crippen molar-refractivity contribution in [3.8, 4) is 11.1 Å². The van der Waals surface area contributed by atoms with Crippen LogP contribution in [0.5, 0.6) is 0 Å². The molecule has 0 aliphatic carbocycles. The summed E-state index contributed by atoms with van der Waals surface area (Å²) >= 11 is 0. The average Bonchev–Trinajstić information content (AvgIpc) is 2.77. The molecular weight excluding hydrogens is 382 g/mol. The third-order valence-corrected chi connectivity index (χ3v) is 5.10. The van der Waals surface area contributed by atoms with Crippen LogP contribution in [0.25, 0.3) is 11.1 Å². The second-order valence-electron chi connectivity index (χ2n) is 8.09. The van der Waals surface area contributed by atoms with Gasteiger partial charge < -0.3 is 19.1 Å². The number of esters is 2. The first-order chi connectivity index (χ1) is 14.3. The van der Waals surface area contributed by atoms with Gasteiger partial charge in [-0.05, 0) is 34.2 Å². The molecule has 158 valence electrons. The molecule has 0 fully saturated rings. The van der Waals surface area contributed by atoms with Crippen molar-refractivity contribution in [1.29, 1.82) is 0 Å². The Labute approximate surface area is 177 Å². The lowest BCUT2D eigenvalue weighted by Crippen LogP contribution is -2.38. The maximum atomic E-state index is 12.4. The lowest BCUT2D eigenvalue weighted by molar-refractivity contribution is -0.140. The number of benzene rings is 2. The summed E-state index contributed by atoms with van der Waals surface area (Å²) in [5, 5.41) is 0. The van der Waals surface area contributed by atoms with E-state index in [4.69, 9.17) is 14.2 Å². The Morgan fingerprint density at radius 2 is 1.40 bits per heavy atom. The molecule has 2 aromatic rings. The molecule has 1 heterocycles. The van der Waals surface area contributed by atoms with Crippen LogP contribution in [0.1, 0.15) is 26.3 Å². The van der Waals surface area contributed by atoms with E-state index in [0.717, 1.165) is 11.1 Å². The van der Waals surface area contributed by atoms with E-state index in [1.807, 2.05) is 24.3 Å². The molecule has 30 heavy (non-hydrogen) atoms. The van der Waals surface area contributed by atoms with Crippen LogP contribution in [0.2, 0.25) is 0 Å². The molecular formula is C24H27NO5. The Morgan fingerprint density at radius 3 is 1.90 bits per heavy atom. The second kappa shape index (κ2) is 8.71. The minimum Gasteiger partial charge on any atom is -0.466 e. The predicted octanol–water partition coefficient (Wildman–Crippen LogP) is 4.05. The van der Waals surface area contributed by atoms with Gasteiger partial charge in [0.1, 0.15) is 12.4 Å². The van der Waals surface area contributed by atoms with E-state index in [9.17, 15) is 9.59 Å². The first-order valence-electron chi connectivity index (χ1n) is 9.72. The number of nitrogens with zero attached hydrogens (tertiary/aromatic N) is 1. The molecule has 0 saturated heterocycles. The van der Waals surface area contributed by atoms with E-state index in [1.165, 1.54) is 19.8 Å². The van der Waals surface area contributed by atoms with Crippen molar-refractivity contribution < 1.29 is 23.8 Å². The summed E-state index contributed by atoms with van der Waals surface area (Å²) in [6.45, 7) is 6.68. The fourth-order valence-corrected chi connectivity index (χ4v) is 3.34. The molecule has 2 aromatic carbocycles. The highest BCUT2D eigenvalue weighted by atomic mass is 16.5. The molecule has 1 aliphatic heterocycles. The van der Waals surface area contributed by atoms with E-state index in [-0.39, 0.29) is 30.0 Å². The molecule has 0 radical (unpaired) electrons. The minimum atomic E-state index is -0.615. The van der Waals surface area contributed by atoms with Crippen LogP contribution in [-0.4, -0.2) is 39.5 Å². The maximum Gasteiger partial charge on any atom is 0.355 e. The summed E-state index contributed by atoms with van der Waals surface area (Å²) < 4.78 is 15.2. The summed E-state index contributed by atoms with van der Waals surface area (Å²) in [6.07, 6.45) is 0. The third kappa shape index (κ3) is 4.39. The van der Waals surface area contributed by atoms with Gasteiger partial charge in [-0.2, -0.15) is 0 Å². The van der Waals surface area contributed by atoms with E-state index in [1.54, 1.807) is 4.90 Å². The van der Waals surface area contributed by atoms with Crippen LogP contribution in [0.3, 0.4) is 0 Å². The first kappa shape index (κ1) is 21.6. The fourth-order valence-electron chi connectivity index (χ4n) is 3.34. The van der Waals surface area contributed by atoms with Gasteiger partial charge in [0, 0.05) is 5.69 Å². The topological polar surface area (TPSA) is 65.1 Å². The number of ether oxygens (including phenoxy) is 3. The van der Waals surface area contributed by atoms with Gasteiger partial charge in [0.2, 0.25) is 0 Å². The van der Waals surface area contributed by atoms with E-state index in [2.05, 4.69) is 45.0 Å². The number of hydrogen-bond acceptors (Lipinski definition) is 6. The molecule has 0 amide bonds. The SMILES string of the molecule is COC(=O)C1=C(C(=O)OC)N(c2ccc(-c3ccc(C(C)(C)C)cc3)cc2)COC1. The lowest BCUT2D eigenvalue weighted by Gasteiger charge is -2.31. The summed E-state index contributed by atoms with van der Waals surface area (Å²) in [5.41, 5.74) is 4.51. The van der Waals surface area contributed by atoms with Crippen molar-refractivity contribution in [3.63, 3.8) is 0 Å². The number of hydrogen-bond donors (Lipinski definition) is 0. The molecule has 0 aromatic heterocycles. The molecule has 6 nitrogen and oxygen atoms in total. The number of carbonyl (C=O) groups is 2. The van der Waals surface area contributed by atoms with Crippen LogP contribution in [-0.2, 0) is 29.2 Å². The Bertz CT molecular complexity index is 953. The Kier molecular flexibility index (Phi) is 6.27. The van der Waals surface area contributed by atoms with Crippen molar-refractivity contribution in [3.05, 3.63) is 65.4 Å². The van der Waals surface area contributed by atoms with Crippen LogP contribution >= 0.6 is 0 Å². The largest absolute Gasteiger partial charge is 0.466 e. The molecule has 0 bridgehead atoms. The number of anilines is 1. The molecule has 3 rings (SSSR count). The van der Waals surface area contributed by atoms with Crippen molar-refractivity contribution in [2.75, 3.05) is 32.5 Å². The van der Waals surface area contributed by atoms with E-state index in [0.29, 0.717) is 5.69 Å². The summed E-state index contributed by atoms with van der Waals surface area (Å²) in [6, 6.07) is 16.2. The van der Waals surface area contributed by atoms with Gasteiger partial charge in [-0.3, -0.25) is 0 Å². The standard InChI is InChI=1S/C24H27NO5/c1-24(2,3)18-10-6-16(7-11-18)17-8-12-19(13-9-17)25-15-30-14-20(22(26)28-4)21(25)23(27)29-5/h6-13H,14-15H2,1-5H3. The zero-order chi connectivity index (χ0) is 21.9. The van der Waals surface area contributed by atoms with E-state index >= 15 is 0 Å². The Hall–Kier alpha value is -3.12. The quantitative estimate of drug-likeness (QED) is 0.710. The Balaban J connectivity index is 1.93. The zero-order valence-electron chi connectivity index (χ0n) is 18.0.